The van der Waals surface area contributed by atoms with Crippen molar-refractivity contribution in [3.8, 4) is 0 Å². The fraction of sp³-hybridized carbons (Fsp3) is 0.889. The molecule has 0 aromatic rings. The number of carbonyl (C=O) groups is 1. The number of halogens is 2. The van der Waals surface area contributed by atoms with E-state index in [4.69, 9.17) is 0 Å². The summed E-state index contributed by atoms with van der Waals surface area (Å²) in [6, 6.07) is 0. The number of fused-ring (bicyclic) bond motifs is 5. The molecule has 0 radical (unpaired) electrons. The molecule has 0 bridgehead atoms. The highest BCUT2D eigenvalue weighted by Crippen LogP contribution is 2.68. The molecule has 0 aromatic heterocycles. The van der Waals surface area contributed by atoms with Crippen LogP contribution in [-0.2, 0) is 4.79 Å². The van der Waals surface area contributed by atoms with Gasteiger partial charge in [-0.3, -0.25) is 4.79 Å². The maximum atomic E-state index is 12.4. The predicted molar refractivity (Wildman–Crippen MR) is 134 cm³/mol. The molecule has 0 amide bonds. The van der Waals surface area contributed by atoms with E-state index in [0.29, 0.717) is 10.2 Å². The number of hydrogen-bond donors (Lipinski definition) is 0. The Bertz CT molecular complexity index is 699. The summed E-state index contributed by atoms with van der Waals surface area (Å²) in [7, 11) is 0. The number of rotatable bonds is 5. The van der Waals surface area contributed by atoms with E-state index >= 15 is 0 Å². The Morgan fingerprint density at radius 1 is 1.03 bits per heavy atom. The molecule has 3 heteroatoms. The summed E-state index contributed by atoms with van der Waals surface area (Å²) in [5.41, 5.74) is 2.12. The third-order valence-electron chi connectivity index (χ3n) is 10.1. The Labute approximate surface area is 201 Å². The van der Waals surface area contributed by atoms with Crippen molar-refractivity contribution < 1.29 is 4.79 Å². The summed E-state index contributed by atoms with van der Waals surface area (Å²) < 4.78 is 0. The molecule has 0 spiro atoms. The minimum Gasteiger partial charge on any atom is -0.294 e. The third-order valence-corrected chi connectivity index (χ3v) is 11.8. The fourth-order valence-corrected chi connectivity index (χ4v) is 10.5. The van der Waals surface area contributed by atoms with Gasteiger partial charge in [0, 0.05) is 4.83 Å². The van der Waals surface area contributed by atoms with Gasteiger partial charge in [-0.05, 0) is 96.5 Å². The standard InChI is InChI=1S/C27H42Br2O/c1-16(2)7-6-8-17(3)19-9-10-20-18-13-23(28)22-14-25(30)24(29)15-27(22,5)21(18)11-12-26(19,20)4/h14,16-21,23-24H,6-13,15H2,1-5H3/t17-,18+,19-,20+,21+,23+,24-,26-,27-/m1/s1. The van der Waals surface area contributed by atoms with E-state index < -0.39 is 0 Å². The van der Waals surface area contributed by atoms with Crippen LogP contribution in [-0.4, -0.2) is 15.4 Å². The molecule has 3 fully saturated rings. The lowest BCUT2D eigenvalue weighted by Crippen LogP contribution is -2.54. The highest BCUT2D eigenvalue weighted by Gasteiger charge is 2.61. The zero-order valence-corrected chi connectivity index (χ0v) is 22.9. The van der Waals surface area contributed by atoms with E-state index in [-0.39, 0.29) is 16.0 Å². The first-order valence-electron chi connectivity index (χ1n) is 12.6. The lowest BCUT2D eigenvalue weighted by atomic mass is 9.46. The minimum absolute atomic E-state index is 0.00955. The second-order valence-corrected chi connectivity index (χ2v) is 14.4. The van der Waals surface area contributed by atoms with Crippen LogP contribution in [0.2, 0.25) is 0 Å². The van der Waals surface area contributed by atoms with Crippen LogP contribution < -0.4 is 0 Å². The molecule has 170 valence electrons. The van der Waals surface area contributed by atoms with Gasteiger partial charge in [-0.15, -0.1) is 0 Å². The van der Waals surface area contributed by atoms with Gasteiger partial charge < -0.3 is 0 Å². The third kappa shape index (κ3) is 3.84. The lowest BCUT2D eigenvalue weighted by Gasteiger charge is -2.60. The second-order valence-electron chi connectivity index (χ2n) is 12.2. The van der Waals surface area contributed by atoms with Crippen molar-refractivity contribution in [1.82, 2.24) is 0 Å². The first-order valence-corrected chi connectivity index (χ1v) is 14.4. The molecule has 4 aliphatic carbocycles. The minimum atomic E-state index is 0.00955. The predicted octanol–water partition coefficient (Wildman–Crippen LogP) is 8.34. The van der Waals surface area contributed by atoms with Crippen LogP contribution in [0, 0.1) is 46.3 Å². The molecule has 0 heterocycles. The number of alkyl halides is 2. The maximum Gasteiger partial charge on any atom is 0.169 e. The van der Waals surface area contributed by atoms with E-state index in [1.54, 1.807) is 0 Å². The quantitative estimate of drug-likeness (QED) is 0.319. The van der Waals surface area contributed by atoms with Gasteiger partial charge in [-0.2, -0.15) is 0 Å². The molecule has 0 N–H and O–H groups in total. The lowest BCUT2D eigenvalue weighted by molar-refractivity contribution is -0.116. The van der Waals surface area contributed by atoms with Crippen LogP contribution in [0.4, 0.5) is 0 Å². The molecule has 3 saturated carbocycles. The van der Waals surface area contributed by atoms with Crippen LogP contribution in [0.5, 0.6) is 0 Å². The van der Waals surface area contributed by atoms with Crippen molar-refractivity contribution in [2.24, 2.45) is 46.3 Å². The highest BCUT2D eigenvalue weighted by molar-refractivity contribution is 9.10. The maximum absolute atomic E-state index is 12.4. The molecule has 0 aliphatic heterocycles. The van der Waals surface area contributed by atoms with Gasteiger partial charge in [-0.1, -0.05) is 85.7 Å². The van der Waals surface area contributed by atoms with E-state index in [1.165, 1.54) is 56.9 Å². The normalized spacial score (nSPS) is 46.8. The van der Waals surface area contributed by atoms with Crippen LogP contribution in [0.15, 0.2) is 11.6 Å². The summed E-state index contributed by atoms with van der Waals surface area (Å²) >= 11 is 7.75. The fourth-order valence-electron chi connectivity index (χ4n) is 8.61. The Hall–Kier alpha value is 0.370. The Morgan fingerprint density at radius 3 is 2.47 bits per heavy atom. The summed E-state index contributed by atoms with van der Waals surface area (Å²) in [6.45, 7) is 12.4. The van der Waals surface area contributed by atoms with Crippen LogP contribution in [0.1, 0.15) is 92.4 Å². The van der Waals surface area contributed by atoms with Crippen molar-refractivity contribution in [3.63, 3.8) is 0 Å². The van der Waals surface area contributed by atoms with E-state index in [9.17, 15) is 4.79 Å². The van der Waals surface area contributed by atoms with Gasteiger partial charge in [0.2, 0.25) is 0 Å². The first-order chi connectivity index (χ1) is 14.1. The zero-order chi connectivity index (χ0) is 21.8. The molecule has 4 aliphatic rings. The van der Waals surface area contributed by atoms with Gasteiger partial charge in [0.25, 0.3) is 0 Å². The molecule has 9 atom stereocenters. The molecule has 0 saturated heterocycles. The van der Waals surface area contributed by atoms with E-state index in [0.717, 1.165) is 41.9 Å². The average molecular weight is 542 g/mol. The molecule has 0 aromatic carbocycles. The SMILES string of the molecule is CC(C)CCC[C@@H](C)[C@H]1CC[C@H]2[C@@H]3C[C@H](Br)C4=CC(=O)[C@H](Br)C[C@]4(C)[C@H]3CC[C@]12C. The van der Waals surface area contributed by atoms with Crippen molar-refractivity contribution >= 4 is 37.6 Å². The topological polar surface area (TPSA) is 17.1 Å². The van der Waals surface area contributed by atoms with Crippen LogP contribution in [0.3, 0.4) is 0 Å². The van der Waals surface area contributed by atoms with Crippen molar-refractivity contribution in [3.05, 3.63) is 11.6 Å². The van der Waals surface area contributed by atoms with Gasteiger partial charge in [-0.25, -0.2) is 0 Å². The Kier molecular flexibility index (Phi) is 6.76. The van der Waals surface area contributed by atoms with Crippen LogP contribution >= 0.6 is 31.9 Å². The summed E-state index contributed by atoms with van der Waals surface area (Å²) in [5, 5.41) is 0. The van der Waals surface area contributed by atoms with Gasteiger partial charge in [0.1, 0.15) is 0 Å². The smallest absolute Gasteiger partial charge is 0.169 e. The molecule has 30 heavy (non-hydrogen) atoms. The average Bonchev–Trinajstić information content (AvgIpc) is 3.01. The van der Waals surface area contributed by atoms with Gasteiger partial charge >= 0.3 is 0 Å². The number of allylic oxidation sites excluding steroid dienone is 1. The second kappa shape index (κ2) is 8.62. The van der Waals surface area contributed by atoms with Crippen molar-refractivity contribution in [2.45, 2.75) is 102 Å². The van der Waals surface area contributed by atoms with E-state index in [1.807, 2.05) is 6.08 Å². The summed E-state index contributed by atoms with van der Waals surface area (Å²) in [6.07, 6.45) is 14.1. The number of ketones is 1. The highest BCUT2D eigenvalue weighted by atomic mass is 79.9. The summed E-state index contributed by atoms with van der Waals surface area (Å²) in [4.78, 5) is 12.8. The molecular weight excluding hydrogens is 500 g/mol. The van der Waals surface area contributed by atoms with Crippen molar-refractivity contribution in [1.29, 1.82) is 0 Å². The molecule has 4 rings (SSSR count). The van der Waals surface area contributed by atoms with Gasteiger partial charge in [0.05, 0.1) is 4.83 Å². The number of carbonyl (C=O) groups excluding carboxylic acids is 1. The molecular formula is C27H42Br2O. The van der Waals surface area contributed by atoms with Crippen molar-refractivity contribution in [2.75, 3.05) is 0 Å². The largest absolute Gasteiger partial charge is 0.294 e. The van der Waals surface area contributed by atoms with E-state index in [2.05, 4.69) is 66.5 Å². The zero-order valence-electron chi connectivity index (χ0n) is 19.7. The first kappa shape index (κ1) is 23.5. The Balaban J connectivity index is 1.54. The number of hydrogen-bond acceptors (Lipinski definition) is 1. The van der Waals surface area contributed by atoms with Gasteiger partial charge in [0.15, 0.2) is 5.78 Å². The monoisotopic (exact) mass is 540 g/mol. The van der Waals surface area contributed by atoms with Crippen LogP contribution in [0.25, 0.3) is 0 Å². The summed E-state index contributed by atoms with van der Waals surface area (Å²) in [5.74, 6) is 5.33. The Morgan fingerprint density at radius 2 is 1.77 bits per heavy atom. The molecule has 0 unspecified atom stereocenters. The molecule has 1 nitrogen and oxygen atoms in total.